The normalized spacial score (nSPS) is 15.0. The van der Waals surface area contributed by atoms with Crippen molar-refractivity contribution in [2.45, 2.75) is 12.3 Å². The maximum Gasteiger partial charge on any atom is 0.218 e. The van der Waals surface area contributed by atoms with Crippen molar-refractivity contribution < 1.29 is 13.2 Å². The van der Waals surface area contributed by atoms with Crippen LogP contribution in [-0.4, -0.2) is 44.0 Å². The number of benzene rings is 2. The minimum absolute atomic E-state index is 0.0624. The van der Waals surface area contributed by atoms with E-state index in [9.17, 15) is 13.7 Å². The molecule has 1 aromatic heterocycles. The molecule has 7 nitrogen and oxygen atoms in total. The summed E-state index contributed by atoms with van der Waals surface area (Å²) >= 11 is 0. The molecule has 1 saturated heterocycles. The van der Waals surface area contributed by atoms with E-state index >= 15 is 0 Å². The van der Waals surface area contributed by atoms with Gasteiger partial charge in [0, 0.05) is 31.2 Å². The third kappa shape index (κ3) is 4.28. The van der Waals surface area contributed by atoms with Crippen LogP contribution in [0.1, 0.15) is 16.7 Å². The summed E-state index contributed by atoms with van der Waals surface area (Å²) in [5.41, 5.74) is 3.57. The number of pyridine rings is 1. The van der Waals surface area contributed by atoms with Gasteiger partial charge in [0.1, 0.15) is 6.07 Å². The zero-order chi connectivity index (χ0) is 21.0. The van der Waals surface area contributed by atoms with E-state index in [-0.39, 0.29) is 5.75 Å². The first-order valence-corrected chi connectivity index (χ1v) is 11.3. The van der Waals surface area contributed by atoms with Gasteiger partial charge in [-0.3, -0.25) is 4.98 Å². The maximum atomic E-state index is 12.9. The zero-order valence-corrected chi connectivity index (χ0v) is 17.2. The zero-order valence-electron chi connectivity index (χ0n) is 16.4. The molecule has 0 amide bonds. The predicted molar refractivity (Wildman–Crippen MR) is 115 cm³/mol. The molecule has 1 N–H and O–H groups in total. The number of rotatable bonds is 6. The fraction of sp³-hybridized carbons (Fsp3) is 0.273. The first-order valence-electron chi connectivity index (χ1n) is 9.72. The van der Waals surface area contributed by atoms with E-state index in [4.69, 9.17) is 4.74 Å². The summed E-state index contributed by atoms with van der Waals surface area (Å²) in [6.45, 7) is 2.02. The van der Waals surface area contributed by atoms with E-state index in [1.54, 1.807) is 6.20 Å². The van der Waals surface area contributed by atoms with Crippen molar-refractivity contribution in [1.29, 1.82) is 5.26 Å². The second-order valence-corrected chi connectivity index (χ2v) is 9.03. The van der Waals surface area contributed by atoms with Gasteiger partial charge >= 0.3 is 0 Å². The Morgan fingerprint density at radius 1 is 1.07 bits per heavy atom. The number of hydrogen-bond acceptors (Lipinski definition) is 6. The van der Waals surface area contributed by atoms with Crippen molar-refractivity contribution in [2.75, 3.05) is 31.6 Å². The standard InChI is InChI=1S/C22H22N4O3S/c23-13-19-15-24-21-8-4-3-7-20(21)22(19)25-14-17-5-1-2-6-18(17)16-30(27,28)26-9-11-29-12-10-26/h1-8,15H,9-12,14,16H2,(H,24,25). The highest BCUT2D eigenvalue weighted by molar-refractivity contribution is 7.88. The number of para-hydroxylation sites is 1. The Balaban J connectivity index is 1.59. The molecule has 0 radical (unpaired) electrons. The van der Waals surface area contributed by atoms with Crippen molar-refractivity contribution in [2.24, 2.45) is 0 Å². The van der Waals surface area contributed by atoms with Gasteiger partial charge in [-0.2, -0.15) is 9.57 Å². The van der Waals surface area contributed by atoms with E-state index in [2.05, 4.69) is 16.4 Å². The van der Waals surface area contributed by atoms with Crippen LogP contribution in [0.2, 0.25) is 0 Å². The highest BCUT2D eigenvalue weighted by Gasteiger charge is 2.25. The third-order valence-corrected chi connectivity index (χ3v) is 7.00. The van der Waals surface area contributed by atoms with Gasteiger partial charge in [0.2, 0.25) is 10.0 Å². The number of hydrogen-bond donors (Lipinski definition) is 1. The predicted octanol–water partition coefficient (Wildman–Crippen LogP) is 2.88. The average Bonchev–Trinajstić information content (AvgIpc) is 2.78. The van der Waals surface area contributed by atoms with Crippen molar-refractivity contribution in [3.8, 4) is 6.07 Å². The highest BCUT2D eigenvalue weighted by Crippen LogP contribution is 2.26. The lowest BCUT2D eigenvalue weighted by Gasteiger charge is -2.26. The molecule has 4 rings (SSSR count). The van der Waals surface area contributed by atoms with Crippen LogP contribution in [0, 0.1) is 11.3 Å². The van der Waals surface area contributed by atoms with Gasteiger partial charge < -0.3 is 10.1 Å². The number of nitriles is 1. The van der Waals surface area contributed by atoms with Crippen molar-refractivity contribution >= 4 is 26.6 Å². The minimum atomic E-state index is -3.43. The number of anilines is 1. The molecule has 0 unspecified atom stereocenters. The molecule has 0 saturated carbocycles. The second kappa shape index (κ2) is 8.79. The van der Waals surface area contributed by atoms with Crippen LogP contribution in [0.25, 0.3) is 10.9 Å². The SMILES string of the molecule is N#Cc1cnc2ccccc2c1NCc1ccccc1CS(=O)(=O)N1CCOCC1. The molecule has 3 aromatic rings. The van der Waals surface area contributed by atoms with Crippen LogP contribution in [0.3, 0.4) is 0 Å². The molecule has 30 heavy (non-hydrogen) atoms. The smallest absolute Gasteiger partial charge is 0.218 e. The van der Waals surface area contributed by atoms with Gasteiger partial charge in [-0.15, -0.1) is 0 Å². The quantitative estimate of drug-likeness (QED) is 0.656. The number of morpholine rings is 1. The Morgan fingerprint density at radius 3 is 2.53 bits per heavy atom. The summed E-state index contributed by atoms with van der Waals surface area (Å²) in [5, 5.41) is 13.7. The number of sulfonamides is 1. The van der Waals surface area contributed by atoms with Crippen LogP contribution in [0.5, 0.6) is 0 Å². The van der Waals surface area contributed by atoms with E-state index < -0.39 is 10.0 Å². The van der Waals surface area contributed by atoms with Gasteiger partial charge in [-0.1, -0.05) is 42.5 Å². The first-order chi connectivity index (χ1) is 14.6. The summed E-state index contributed by atoms with van der Waals surface area (Å²) in [6.07, 6.45) is 1.56. The number of aromatic nitrogens is 1. The molecule has 154 valence electrons. The Bertz CT molecular complexity index is 1200. The Labute approximate surface area is 176 Å². The Morgan fingerprint density at radius 2 is 1.77 bits per heavy atom. The topological polar surface area (TPSA) is 95.3 Å². The lowest BCUT2D eigenvalue weighted by Crippen LogP contribution is -2.41. The van der Waals surface area contributed by atoms with Gasteiger partial charge in [0.15, 0.2) is 0 Å². The number of ether oxygens (including phenoxy) is 1. The van der Waals surface area contributed by atoms with E-state index in [1.165, 1.54) is 4.31 Å². The first kappa shape index (κ1) is 20.3. The van der Waals surface area contributed by atoms with Crippen molar-refractivity contribution in [3.05, 3.63) is 71.4 Å². The van der Waals surface area contributed by atoms with Crippen molar-refractivity contribution in [1.82, 2.24) is 9.29 Å². The third-order valence-electron chi connectivity index (χ3n) is 5.17. The van der Waals surface area contributed by atoms with Gasteiger partial charge in [-0.05, 0) is 17.2 Å². The Kier molecular flexibility index (Phi) is 5.95. The molecule has 2 aromatic carbocycles. The van der Waals surface area contributed by atoms with Crippen LogP contribution in [0.15, 0.2) is 54.7 Å². The number of nitrogens with one attached hydrogen (secondary N) is 1. The number of fused-ring (bicyclic) bond motifs is 1. The average molecular weight is 423 g/mol. The summed E-state index contributed by atoms with van der Waals surface area (Å²) in [7, 11) is -3.43. The van der Waals surface area contributed by atoms with Crippen LogP contribution >= 0.6 is 0 Å². The van der Waals surface area contributed by atoms with Crippen LogP contribution < -0.4 is 5.32 Å². The molecule has 0 aliphatic carbocycles. The molecule has 8 heteroatoms. The van der Waals surface area contributed by atoms with E-state index in [1.807, 2.05) is 48.5 Å². The molecule has 1 aliphatic heterocycles. The number of nitrogens with zero attached hydrogens (tertiary/aromatic N) is 3. The molecule has 2 heterocycles. The maximum absolute atomic E-state index is 12.9. The van der Waals surface area contributed by atoms with Gasteiger partial charge in [-0.25, -0.2) is 8.42 Å². The molecular formula is C22H22N4O3S. The van der Waals surface area contributed by atoms with Crippen molar-refractivity contribution in [3.63, 3.8) is 0 Å². The summed E-state index contributed by atoms with van der Waals surface area (Å²) in [4.78, 5) is 4.33. The summed E-state index contributed by atoms with van der Waals surface area (Å²) in [6, 6.07) is 17.3. The fourth-order valence-electron chi connectivity index (χ4n) is 3.58. The molecule has 0 spiro atoms. The molecule has 1 fully saturated rings. The summed E-state index contributed by atoms with van der Waals surface area (Å²) in [5.74, 6) is -0.0624. The molecule has 1 aliphatic rings. The lowest BCUT2D eigenvalue weighted by molar-refractivity contribution is 0.0729. The summed E-state index contributed by atoms with van der Waals surface area (Å²) < 4.78 is 32.5. The monoisotopic (exact) mass is 422 g/mol. The fourth-order valence-corrected chi connectivity index (χ4v) is 5.15. The molecule has 0 bridgehead atoms. The lowest BCUT2D eigenvalue weighted by atomic mass is 10.1. The Hall–Kier alpha value is -2.99. The molecule has 0 atom stereocenters. The van der Waals surface area contributed by atoms with Crippen LogP contribution in [-0.2, 0) is 27.1 Å². The van der Waals surface area contributed by atoms with Crippen LogP contribution in [0.4, 0.5) is 5.69 Å². The van der Waals surface area contributed by atoms with Gasteiger partial charge in [0.05, 0.1) is 35.7 Å². The minimum Gasteiger partial charge on any atom is -0.379 e. The second-order valence-electron chi connectivity index (χ2n) is 7.07. The highest BCUT2D eigenvalue weighted by atomic mass is 32.2. The van der Waals surface area contributed by atoms with E-state index in [0.29, 0.717) is 44.1 Å². The van der Waals surface area contributed by atoms with E-state index in [0.717, 1.165) is 22.0 Å². The largest absolute Gasteiger partial charge is 0.379 e. The van der Waals surface area contributed by atoms with Gasteiger partial charge in [0.25, 0.3) is 0 Å². The molecular weight excluding hydrogens is 400 g/mol.